The molecular weight excluding hydrogens is 436 g/mol. The van der Waals surface area contributed by atoms with Crippen LogP contribution in [0.3, 0.4) is 0 Å². The molecule has 34 heavy (non-hydrogen) atoms. The van der Waals surface area contributed by atoms with Gasteiger partial charge in [-0.25, -0.2) is 4.79 Å². The number of aromatic nitrogens is 2. The minimum atomic E-state index is -1.05. The number of anilines is 2. The second kappa shape index (κ2) is 9.17. The molecule has 4 heterocycles. The van der Waals surface area contributed by atoms with Gasteiger partial charge in [-0.05, 0) is 68.3 Å². The van der Waals surface area contributed by atoms with Crippen molar-refractivity contribution in [3.8, 4) is 0 Å². The van der Waals surface area contributed by atoms with Crippen LogP contribution in [0.25, 0.3) is 0 Å². The molecule has 0 radical (unpaired) electrons. The molecule has 180 valence electrons. The summed E-state index contributed by atoms with van der Waals surface area (Å²) in [5, 5.41) is 27.8. The molecular formula is C24H30N6O4. The number of carboxylic acids is 1. The fourth-order valence-electron chi connectivity index (χ4n) is 5.78. The first-order valence-electron chi connectivity index (χ1n) is 12.0. The molecule has 2 aromatic rings. The number of hydrogen-bond donors (Lipinski definition) is 1. The fraction of sp³-hybridized carbons (Fsp3) is 0.542. The summed E-state index contributed by atoms with van der Waals surface area (Å²) in [5.74, 6) is -0.297. The summed E-state index contributed by atoms with van der Waals surface area (Å²) in [5.41, 5.74) is 1.54. The lowest BCUT2D eigenvalue weighted by Gasteiger charge is -2.41. The quantitative estimate of drug-likeness (QED) is 0.524. The van der Waals surface area contributed by atoms with Crippen LogP contribution in [0.4, 0.5) is 17.2 Å². The van der Waals surface area contributed by atoms with Crippen LogP contribution in [0.15, 0.2) is 36.4 Å². The van der Waals surface area contributed by atoms with Gasteiger partial charge in [-0.2, -0.15) is 0 Å². The van der Waals surface area contributed by atoms with Gasteiger partial charge in [-0.3, -0.25) is 15.0 Å². The molecule has 1 N–H and O–H groups in total. The molecule has 3 fully saturated rings. The van der Waals surface area contributed by atoms with Crippen LogP contribution in [-0.4, -0.2) is 76.4 Å². The molecule has 3 aliphatic rings. The summed E-state index contributed by atoms with van der Waals surface area (Å²) in [7, 11) is 0. The molecule has 0 saturated carbocycles. The zero-order valence-electron chi connectivity index (χ0n) is 19.2. The molecule has 10 heteroatoms. The highest BCUT2D eigenvalue weighted by molar-refractivity contribution is 5.85. The molecule has 0 aliphatic carbocycles. The number of nitro benzene ring substituents is 1. The van der Waals surface area contributed by atoms with Crippen LogP contribution < -0.4 is 9.80 Å². The first-order chi connectivity index (χ1) is 16.4. The second-order valence-electron chi connectivity index (χ2n) is 9.78. The van der Waals surface area contributed by atoms with Crippen molar-refractivity contribution in [2.24, 2.45) is 5.41 Å². The van der Waals surface area contributed by atoms with Crippen molar-refractivity contribution in [1.29, 1.82) is 0 Å². The third-order valence-corrected chi connectivity index (χ3v) is 7.89. The molecule has 3 aliphatic heterocycles. The molecule has 0 unspecified atom stereocenters. The number of aromatic carboxylic acids is 1. The van der Waals surface area contributed by atoms with Gasteiger partial charge in [-0.15, -0.1) is 10.2 Å². The summed E-state index contributed by atoms with van der Waals surface area (Å²) in [4.78, 5) is 28.8. The van der Waals surface area contributed by atoms with Crippen LogP contribution >= 0.6 is 0 Å². The van der Waals surface area contributed by atoms with Crippen LogP contribution in [0, 0.1) is 15.5 Å². The Labute approximate surface area is 198 Å². The lowest BCUT2D eigenvalue weighted by Crippen LogP contribution is -2.46. The van der Waals surface area contributed by atoms with E-state index in [0.717, 1.165) is 76.5 Å². The van der Waals surface area contributed by atoms with Crippen molar-refractivity contribution >= 4 is 23.2 Å². The van der Waals surface area contributed by atoms with Crippen molar-refractivity contribution in [3.05, 3.63) is 52.2 Å². The van der Waals surface area contributed by atoms with Crippen molar-refractivity contribution in [2.45, 2.75) is 38.1 Å². The van der Waals surface area contributed by atoms with E-state index in [1.807, 2.05) is 12.1 Å². The fourth-order valence-corrected chi connectivity index (χ4v) is 5.78. The summed E-state index contributed by atoms with van der Waals surface area (Å²) >= 11 is 0. The minimum absolute atomic E-state index is 0.0247. The van der Waals surface area contributed by atoms with E-state index in [-0.39, 0.29) is 16.3 Å². The zero-order valence-corrected chi connectivity index (χ0v) is 19.2. The number of likely N-dealkylation sites (tertiary alicyclic amines) is 1. The first kappa shape index (κ1) is 22.5. The van der Waals surface area contributed by atoms with Gasteiger partial charge in [0, 0.05) is 56.6 Å². The summed E-state index contributed by atoms with van der Waals surface area (Å²) in [6, 6.07) is 10.8. The van der Waals surface area contributed by atoms with Gasteiger partial charge >= 0.3 is 5.97 Å². The Bertz CT molecular complexity index is 1030. The van der Waals surface area contributed by atoms with Gasteiger partial charge in [-0.1, -0.05) is 0 Å². The average molecular weight is 467 g/mol. The van der Waals surface area contributed by atoms with Gasteiger partial charge in [0.25, 0.3) is 5.69 Å². The standard InChI is InChI=1S/C24H30N6O4/c31-23(32)21-5-6-22(26-25-21)28-14-9-24(10-15-28)11-16-29(17-24)19-7-12-27(13-8-19)18-1-3-20(4-2-18)30(33)34/h1-6,19H,7-17H2,(H,31,32). The van der Waals surface area contributed by atoms with Crippen molar-refractivity contribution in [3.63, 3.8) is 0 Å². The number of piperidine rings is 2. The number of hydrogen-bond acceptors (Lipinski definition) is 8. The van der Waals surface area contributed by atoms with Gasteiger partial charge < -0.3 is 14.9 Å². The Balaban J connectivity index is 1.12. The maximum absolute atomic E-state index is 11.0. The number of carboxylic acid groups (broad SMARTS) is 1. The number of nitro groups is 1. The lowest BCUT2D eigenvalue weighted by atomic mass is 9.77. The maximum Gasteiger partial charge on any atom is 0.356 e. The van der Waals surface area contributed by atoms with Gasteiger partial charge in [0.2, 0.25) is 0 Å². The van der Waals surface area contributed by atoms with E-state index in [1.165, 1.54) is 12.5 Å². The normalized spacial score (nSPS) is 21.2. The summed E-state index contributed by atoms with van der Waals surface area (Å²) in [6.45, 7) is 6.10. The Morgan fingerprint density at radius 1 is 0.941 bits per heavy atom. The van der Waals surface area contributed by atoms with Crippen LogP contribution in [0.1, 0.15) is 42.6 Å². The first-order valence-corrected chi connectivity index (χ1v) is 12.0. The van der Waals surface area contributed by atoms with Crippen molar-refractivity contribution in [2.75, 3.05) is 49.1 Å². The van der Waals surface area contributed by atoms with Crippen molar-refractivity contribution in [1.82, 2.24) is 15.1 Å². The SMILES string of the molecule is O=C(O)c1ccc(N2CCC3(CC2)CCN(C2CCN(c4ccc([N+](=O)[O-])cc4)CC2)C3)nn1. The highest BCUT2D eigenvalue weighted by atomic mass is 16.6. The third kappa shape index (κ3) is 4.54. The summed E-state index contributed by atoms with van der Waals surface area (Å²) < 4.78 is 0. The minimum Gasteiger partial charge on any atom is -0.476 e. The van der Waals surface area contributed by atoms with Crippen molar-refractivity contribution < 1.29 is 14.8 Å². The molecule has 0 amide bonds. The van der Waals surface area contributed by atoms with E-state index in [0.29, 0.717) is 11.5 Å². The molecule has 0 atom stereocenters. The summed E-state index contributed by atoms with van der Waals surface area (Å²) in [6.07, 6.45) is 5.70. The largest absolute Gasteiger partial charge is 0.476 e. The predicted molar refractivity (Wildman–Crippen MR) is 127 cm³/mol. The predicted octanol–water partition coefficient (Wildman–Crippen LogP) is 3.04. The molecule has 1 spiro atoms. The maximum atomic E-state index is 11.0. The van der Waals surface area contributed by atoms with Crippen LogP contribution in [0.2, 0.25) is 0 Å². The molecule has 1 aromatic carbocycles. The van der Waals surface area contributed by atoms with E-state index in [4.69, 9.17) is 5.11 Å². The molecule has 3 saturated heterocycles. The smallest absolute Gasteiger partial charge is 0.356 e. The van der Waals surface area contributed by atoms with Crippen LogP contribution in [-0.2, 0) is 0 Å². The zero-order chi connectivity index (χ0) is 23.7. The van der Waals surface area contributed by atoms with Gasteiger partial charge in [0.15, 0.2) is 11.5 Å². The van der Waals surface area contributed by atoms with Crippen LogP contribution in [0.5, 0.6) is 0 Å². The monoisotopic (exact) mass is 466 g/mol. The Morgan fingerprint density at radius 2 is 1.62 bits per heavy atom. The van der Waals surface area contributed by atoms with E-state index < -0.39 is 5.97 Å². The van der Waals surface area contributed by atoms with E-state index >= 15 is 0 Å². The lowest BCUT2D eigenvalue weighted by molar-refractivity contribution is -0.384. The number of non-ortho nitro benzene ring substituents is 1. The average Bonchev–Trinajstić information content (AvgIpc) is 3.28. The highest BCUT2D eigenvalue weighted by Crippen LogP contribution is 2.42. The highest BCUT2D eigenvalue weighted by Gasteiger charge is 2.43. The second-order valence-corrected chi connectivity index (χ2v) is 9.78. The Hall–Kier alpha value is -3.27. The third-order valence-electron chi connectivity index (χ3n) is 7.89. The Morgan fingerprint density at radius 3 is 2.21 bits per heavy atom. The molecule has 5 rings (SSSR count). The number of rotatable bonds is 5. The molecule has 1 aromatic heterocycles. The van der Waals surface area contributed by atoms with E-state index in [2.05, 4.69) is 24.9 Å². The van der Waals surface area contributed by atoms with E-state index in [9.17, 15) is 14.9 Å². The molecule has 10 nitrogen and oxygen atoms in total. The van der Waals surface area contributed by atoms with Gasteiger partial charge in [0.1, 0.15) is 0 Å². The number of nitrogens with zero attached hydrogens (tertiary/aromatic N) is 6. The van der Waals surface area contributed by atoms with Gasteiger partial charge in [0.05, 0.1) is 4.92 Å². The topological polar surface area (TPSA) is 116 Å². The number of benzene rings is 1. The Kier molecular flexibility index (Phi) is 6.07. The van der Waals surface area contributed by atoms with E-state index in [1.54, 1.807) is 18.2 Å². The molecule has 0 bridgehead atoms. The number of carbonyl (C=O) groups is 1.